The van der Waals surface area contributed by atoms with Crippen molar-refractivity contribution in [3.63, 3.8) is 0 Å². The second kappa shape index (κ2) is 7.49. The van der Waals surface area contributed by atoms with E-state index in [0.29, 0.717) is 30.4 Å². The zero-order valence-corrected chi connectivity index (χ0v) is 14.2. The van der Waals surface area contributed by atoms with E-state index in [2.05, 4.69) is 24.3 Å². The molecule has 1 aromatic rings. The Bertz CT molecular complexity index is 833. The van der Waals surface area contributed by atoms with Gasteiger partial charge in [-0.3, -0.25) is 0 Å². The molecule has 0 N–H and O–H groups in total. The molecule has 0 saturated carbocycles. The average Bonchev–Trinajstić information content (AvgIpc) is 2.69. The summed E-state index contributed by atoms with van der Waals surface area (Å²) in [6.07, 6.45) is 7.91. The highest BCUT2D eigenvalue weighted by Crippen LogP contribution is 2.33. The molecule has 2 aliphatic rings. The molecule has 0 fully saturated rings. The summed E-state index contributed by atoms with van der Waals surface area (Å²) in [6.45, 7) is 2.02. The van der Waals surface area contributed by atoms with Crippen molar-refractivity contribution >= 4 is 0 Å². The van der Waals surface area contributed by atoms with E-state index in [1.165, 1.54) is 0 Å². The van der Waals surface area contributed by atoms with Gasteiger partial charge >= 0.3 is 0 Å². The monoisotopic (exact) mass is 326 g/mol. The SMILES string of the molecule is CCC1=C/CCC(C#N)(C#N)c2ccc(cc2)C(C#N)(C#N)C\C=C\1. The topological polar surface area (TPSA) is 95.2 Å². The number of nitriles is 4. The van der Waals surface area contributed by atoms with E-state index >= 15 is 0 Å². The lowest BCUT2D eigenvalue weighted by Gasteiger charge is -2.21. The Hall–Kier alpha value is -3.34. The minimum atomic E-state index is -1.27. The highest BCUT2D eigenvalue weighted by Gasteiger charge is 2.35. The fraction of sp³-hybridized carbons (Fsp3) is 0.333. The van der Waals surface area contributed by atoms with Gasteiger partial charge in [-0.15, -0.1) is 0 Å². The standard InChI is InChI=1S/C21H18N4/c1-2-17-5-3-11-20(13-22,14-23)18-7-9-19(10-8-18)21(15-24,16-25)12-4-6-17/h3,5-10H,2,4,11-12H2,1H3/b5-3+,17-6-. The first-order valence-corrected chi connectivity index (χ1v) is 8.21. The lowest BCUT2D eigenvalue weighted by molar-refractivity contribution is 0.632. The summed E-state index contributed by atoms with van der Waals surface area (Å²) in [4.78, 5) is 0. The summed E-state index contributed by atoms with van der Waals surface area (Å²) >= 11 is 0. The van der Waals surface area contributed by atoms with Gasteiger partial charge in [-0.05, 0) is 30.4 Å². The van der Waals surface area contributed by atoms with Crippen LogP contribution in [0.1, 0.15) is 43.7 Å². The van der Waals surface area contributed by atoms with Gasteiger partial charge < -0.3 is 0 Å². The molecule has 0 amide bonds. The first-order valence-electron chi connectivity index (χ1n) is 8.21. The van der Waals surface area contributed by atoms with E-state index in [1.54, 1.807) is 24.3 Å². The zero-order chi connectivity index (χ0) is 18.3. The second-order valence-corrected chi connectivity index (χ2v) is 6.11. The molecule has 4 heteroatoms. The number of fused-ring (bicyclic) bond motifs is 8. The van der Waals surface area contributed by atoms with E-state index in [9.17, 15) is 21.0 Å². The largest absolute Gasteiger partial charge is 0.196 e. The van der Waals surface area contributed by atoms with Crippen molar-refractivity contribution in [1.82, 2.24) is 0 Å². The molecule has 0 unspecified atom stereocenters. The maximum Gasteiger partial charge on any atom is 0.172 e. The van der Waals surface area contributed by atoms with Gasteiger partial charge in [-0.1, -0.05) is 55.0 Å². The van der Waals surface area contributed by atoms with E-state index in [0.717, 1.165) is 12.0 Å². The van der Waals surface area contributed by atoms with E-state index in [1.807, 2.05) is 25.2 Å². The van der Waals surface area contributed by atoms with Crippen LogP contribution < -0.4 is 0 Å². The van der Waals surface area contributed by atoms with Crippen molar-refractivity contribution in [2.75, 3.05) is 0 Å². The summed E-state index contributed by atoms with van der Waals surface area (Å²) in [5.74, 6) is 0. The van der Waals surface area contributed by atoms with E-state index in [-0.39, 0.29) is 0 Å². The molecule has 0 heterocycles. The first-order chi connectivity index (χ1) is 12.1. The maximum absolute atomic E-state index is 9.63. The fourth-order valence-corrected chi connectivity index (χ4v) is 3.00. The molecule has 25 heavy (non-hydrogen) atoms. The Morgan fingerprint density at radius 1 is 0.880 bits per heavy atom. The van der Waals surface area contributed by atoms with Gasteiger partial charge in [-0.2, -0.15) is 21.0 Å². The molecular weight excluding hydrogens is 308 g/mol. The molecule has 3 rings (SSSR count). The Balaban J connectivity index is 2.66. The Kier molecular flexibility index (Phi) is 5.39. The summed E-state index contributed by atoms with van der Waals surface area (Å²) in [5, 5.41) is 38.5. The van der Waals surface area contributed by atoms with Crippen LogP contribution in [0, 0.1) is 45.3 Å². The molecule has 0 spiro atoms. The predicted octanol–water partition coefficient (Wildman–Crippen LogP) is 4.33. The van der Waals surface area contributed by atoms with Gasteiger partial charge in [0.1, 0.15) is 0 Å². The highest BCUT2D eigenvalue weighted by molar-refractivity contribution is 5.47. The quantitative estimate of drug-likeness (QED) is 0.767. The van der Waals surface area contributed by atoms with Crippen LogP contribution in [0.2, 0.25) is 0 Å². The lowest BCUT2D eigenvalue weighted by atomic mass is 9.76. The van der Waals surface area contributed by atoms with Gasteiger partial charge in [0.15, 0.2) is 10.8 Å². The van der Waals surface area contributed by atoms with Crippen molar-refractivity contribution in [2.24, 2.45) is 0 Å². The van der Waals surface area contributed by atoms with Crippen molar-refractivity contribution < 1.29 is 0 Å². The molecular formula is C21H18N4. The lowest BCUT2D eigenvalue weighted by Crippen LogP contribution is -2.23. The van der Waals surface area contributed by atoms with Gasteiger partial charge in [0.25, 0.3) is 0 Å². The van der Waals surface area contributed by atoms with Gasteiger partial charge in [0.2, 0.25) is 0 Å². The van der Waals surface area contributed by atoms with E-state index in [4.69, 9.17) is 0 Å². The summed E-state index contributed by atoms with van der Waals surface area (Å²) in [6, 6.07) is 15.3. The molecule has 2 aliphatic carbocycles. The first kappa shape index (κ1) is 18.0. The van der Waals surface area contributed by atoms with Crippen LogP contribution >= 0.6 is 0 Å². The maximum atomic E-state index is 9.63. The van der Waals surface area contributed by atoms with Crippen LogP contribution in [0.4, 0.5) is 0 Å². The van der Waals surface area contributed by atoms with Crippen LogP contribution in [-0.2, 0) is 10.8 Å². The van der Waals surface area contributed by atoms with Crippen molar-refractivity contribution in [2.45, 2.75) is 43.4 Å². The third-order valence-corrected chi connectivity index (χ3v) is 4.72. The highest BCUT2D eigenvalue weighted by atomic mass is 14.4. The number of benzene rings is 1. The van der Waals surface area contributed by atoms with E-state index < -0.39 is 10.8 Å². The summed E-state index contributed by atoms with van der Waals surface area (Å²) < 4.78 is 0. The van der Waals surface area contributed by atoms with Gasteiger partial charge in [0, 0.05) is 6.42 Å². The number of hydrogen-bond donors (Lipinski definition) is 0. The second-order valence-electron chi connectivity index (χ2n) is 6.11. The Labute approximate surface area is 148 Å². The molecule has 122 valence electrons. The number of hydrogen-bond acceptors (Lipinski definition) is 4. The molecule has 4 nitrogen and oxygen atoms in total. The third kappa shape index (κ3) is 3.30. The van der Waals surface area contributed by atoms with Crippen LogP contribution in [0.15, 0.2) is 48.1 Å². The number of allylic oxidation sites excluding steroid dienone is 4. The zero-order valence-electron chi connectivity index (χ0n) is 14.2. The summed E-state index contributed by atoms with van der Waals surface area (Å²) in [7, 11) is 0. The van der Waals surface area contributed by atoms with Crippen LogP contribution in [-0.4, -0.2) is 0 Å². The van der Waals surface area contributed by atoms with Crippen LogP contribution in [0.25, 0.3) is 0 Å². The Morgan fingerprint density at radius 2 is 1.40 bits per heavy atom. The normalized spacial score (nSPS) is 21.4. The van der Waals surface area contributed by atoms with Crippen molar-refractivity contribution in [3.05, 3.63) is 59.2 Å². The molecule has 1 aromatic carbocycles. The van der Waals surface area contributed by atoms with Crippen molar-refractivity contribution in [3.8, 4) is 24.3 Å². The van der Waals surface area contributed by atoms with Crippen LogP contribution in [0.3, 0.4) is 0 Å². The van der Waals surface area contributed by atoms with Crippen molar-refractivity contribution in [1.29, 1.82) is 21.0 Å². The third-order valence-electron chi connectivity index (χ3n) is 4.72. The number of rotatable bonds is 1. The number of nitrogens with zero attached hydrogens (tertiary/aromatic N) is 4. The minimum Gasteiger partial charge on any atom is -0.196 e. The molecule has 0 saturated heterocycles. The molecule has 0 aromatic heterocycles. The minimum absolute atomic E-state index is 0.290. The Morgan fingerprint density at radius 3 is 1.88 bits per heavy atom. The molecule has 2 bridgehead atoms. The summed E-state index contributed by atoms with van der Waals surface area (Å²) in [5.41, 5.74) is -0.254. The molecule has 0 radical (unpaired) electrons. The average molecular weight is 326 g/mol. The van der Waals surface area contributed by atoms with Gasteiger partial charge in [-0.25, -0.2) is 0 Å². The predicted molar refractivity (Wildman–Crippen MR) is 93.6 cm³/mol. The smallest absolute Gasteiger partial charge is 0.172 e. The van der Waals surface area contributed by atoms with Gasteiger partial charge in [0.05, 0.1) is 24.3 Å². The molecule has 0 aliphatic heterocycles. The molecule has 0 atom stereocenters. The van der Waals surface area contributed by atoms with Crippen LogP contribution in [0.5, 0.6) is 0 Å². The fourth-order valence-electron chi connectivity index (χ4n) is 3.00.